The largest absolute Gasteiger partial charge is 0.490 e. The summed E-state index contributed by atoms with van der Waals surface area (Å²) in [6.07, 6.45) is 5.54. The Morgan fingerprint density at radius 2 is 2.10 bits per heavy atom. The highest BCUT2D eigenvalue weighted by Crippen LogP contribution is 2.33. The van der Waals surface area contributed by atoms with Crippen LogP contribution in [-0.2, 0) is 4.79 Å². The molecule has 1 N–H and O–H groups in total. The van der Waals surface area contributed by atoms with Gasteiger partial charge < -0.3 is 9.84 Å². The first-order chi connectivity index (χ1) is 9.95. The maximum atomic E-state index is 13.3. The summed E-state index contributed by atoms with van der Waals surface area (Å²) >= 11 is 0. The number of benzene rings is 1. The van der Waals surface area contributed by atoms with Crippen LogP contribution in [0.5, 0.6) is 5.75 Å². The van der Waals surface area contributed by atoms with Crippen molar-refractivity contribution in [2.24, 2.45) is 11.8 Å². The second-order valence-electron chi connectivity index (χ2n) is 5.86. The highest BCUT2D eigenvalue weighted by atomic mass is 19.1. The quantitative estimate of drug-likeness (QED) is 0.849. The molecule has 0 bridgehead atoms. The van der Waals surface area contributed by atoms with Crippen molar-refractivity contribution in [1.29, 1.82) is 0 Å². The Labute approximate surface area is 124 Å². The van der Waals surface area contributed by atoms with E-state index < -0.39 is 11.8 Å². The zero-order chi connectivity index (χ0) is 15.4. The highest BCUT2D eigenvalue weighted by molar-refractivity contribution is 5.85. The van der Waals surface area contributed by atoms with Gasteiger partial charge >= 0.3 is 5.97 Å². The lowest BCUT2D eigenvalue weighted by Gasteiger charge is -2.32. The van der Waals surface area contributed by atoms with Gasteiger partial charge in [0.15, 0.2) is 0 Å². The van der Waals surface area contributed by atoms with Gasteiger partial charge in [-0.2, -0.15) is 0 Å². The van der Waals surface area contributed by atoms with Crippen molar-refractivity contribution in [1.82, 2.24) is 0 Å². The van der Waals surface area contributed by atoms with Crippen LogP contribution in [0.4, 0.5) is 4.39 Å². The van der Waals surface area contributed by atoms with Crippen LogP contribution in [0.25, 0.3) is 6.08 Å². The van der Waals surface area contributed by atoms with Gasteiger partial charge in [-0.25, -0.2) is 9.18 Å². The molecule has 0 aliphatic heterocycles. The molecule has 0 radical (unpaired) electrons. The second-order valence-corrected chi connectivity index (χ2v) is 5.86. The van der Waals surface area contributed by atoms with E-state index in [1.54, 1.807) is 6.07 Å². The molecule has 1 fully saturated rings. The van der Waals surface area contributed by atoms with E-state index in [4.69, 9.17) is 9.84 Å². The zero-order valence-corrected chi connectivity index (χ0v) is 12.4. The fourth-order valence-corrected chi connectivity index (χ4v) is 2.70. The Morgan fingerprint density at radius 3 is 2.76 bits per heavy atom. The molecule has 1 aromatic carbocycles. The highest BCUT2D eigenvalue weighted by Gasteiger charge is 2.26. The van der Waals surface area contributed by atoms with Crippen molar-refractivity contribution in [3.8, 4) is 5.75 Å². The molecule has 114 valence electrons. The lowest BCUT2D eigenvalue weighted by Crippen LogP contribution is -2.28. The molecule has 4 heteroatoms. The van der Waals surface area contributed by atoms with E-state index in [9.17, 15) is 9.18 Å². The Kier molecular flexibility index (Phi) is 4.99. The predicted octanol–water partition coefficient (Wildman–Crippen LogP) is 4.13. The third-order valence-corrected chi connectivity index (χ3v) is 4.22. The van der Waals surface area contributed by atoms with E-state index in [2.05, 4.69) is 13.8 Å². The smallest absolute Gasteiger partial charge is 0.328 e. The molecule has 1 aromatic rings. The lowest BCUT2D eigenvalue weighted by atomic mass is 9.80. The summed E-state index contributed by atoms with van der Waals surface area (Å²) in [7, 11) is 0. The summed E-state index contributed by atoms with van der Waals surface area (Å²) in [5, 5.41) is 8.70. The number of carbonyl (C=O) groups is 1. The van der Waals surface area contributed by atoms with Crippen LogP contribution in [0.3, 0.4) is 0 Å². The molecule has 1 aliphatic carbocycles. The van der Waals surface area contributed by atoms with Gasteiger partial charge in [-0.1, -0.05) is 13.8 Å². The molecular weight excluding hydrogens is 271 g/mol. The molecule has 3 unspecified atom stereocenters. The first-order valence-corrected chi connectivity index (χ1v) is 7.33. The van der Waals surface area contributed by atoms with E-state index in [1.807, 2.05) is 0 Å². The maximum absolute atomic E-state index is 13.3. The average molecular weight is 292 g/mol. The van der Waals surface area contributed by atoms with Crippen LogP contribution in [0.15, 0.2) is 24.3 Å². The Hall–Kier alpha value is -1.84. The van der Waals surface area contributed by atoms with Crippen LogP contribution < -0.4 is 4.74 Å². The number of carboxylic acids is 1. The van der Waals surface area contributed by atoms with Crippen LogP contribution in [0, 0.1) is 17.7 Å². The van der Waals surface area contributed by atoms with Crippen LogP contribution >= 0.6 is 0 Å². The van der Waals surface area contributed by atoms with Crippen molar-refractivity contribution < 1.29 is 19.0 Å². The SMILES string of the molecule is CC1CCC(Oc2ccc(F)cc2/C=C/C(=O)O)CC1C. The van der Waals surface area contributed by atoms with Gasteiger partial charge in [0.1, 0.15) is 11.6 Å². The van der Waals surface area contributed by atoms with E-state index in [-0.39, 0.29) is 6.10 Å². The van der Waals surface area contributed by atoms with Gasteiger partial charge in [-0.05, 0) is 55.4 Å². The van der Waals surface area contributed by atoms with Gasteiger partial charge in [0, 0.05) is 11.6 Å². The molecule has 3 atom stereocenters. The summed E-state index contributed by atoms with van der Waals surface area (Å²) in [6.45, 7) is 4.47. The topological polar surface area (TPSA) is 46.5 Å². The Balaban J connectivity index is 2.14. The first-order valence-electron chi connectivity index (χ1n) is 7.33. The molecule has 1 aliphatic rings. The monoisotopic (exact) mass is 292 g/mol. The minimum atomic E-state index is -1.06. The van der Waals surface area contributed by atoms with Crippen LogP contribution in [0.1, 0.15) is 38.7 Å². The zero-order valence-electron chi connectivity index (χ0n) is 12.4. The maximum Gasteiger partial charge on any atom is 0.328 e. The van der Waals surface area contributed by atoms with Gasteiger partial charge in [-0.15, -0.1) is 0 Å². The number of ether oxygens (including phenoxy) is 1. The van der Waals surface area contributed by atoms with Crippen molar-refractivity contribution in [2.75, 3.05) is 0 Å². The van der Waals surface area contributed by atoms with Gasteiger partial charge in [0.2, 0.25) is 0 Å². The van der Waals surface area contributed by atoms with E-state index in [1.165, 1.54) is 18.2 Å². The van der Waals surface area contributed by atoms with Crippen molar-refractivity contribution in [3.05, 3.63) is 35.7 Å². The molecule has 0 spiro atoms. The predicted molar refractivity (Wildman–Crippen MR) is 79.7 cm³/mol. The summed E-state index contributed by atoms with van der Waals surface area (Å²) in [5.74, 6) is 0.371. The van der Waals surface area contributed by atoms with Gasteiger partial charge in [0.05, 0.1) is 6.10 Å². The molecule has 0 heterocycles. The molecule has 0 amide bonds. The average Bonchev–Trinajstić information content (AvgIpc) is 2.43. The van der Waals surface area contributed by atoms with E-state index in [0.717, 1.165) is 25.3 Å². The number of hydrogen-bond acceptors (Lipinski definition) is 2. The third-order valence-electron chi connectivity index (χ3n) is 4.22. The number of carboxylic acid groups (broad SMARTS) is 1. The molecule has 0 saturated heterocycles. The molecule has 21 heavy (non-hydrogen) atoms. The van der Waals surface area contributed by atoms with Crippen molar-refractivity contribution in [2.45, 2.75) is 39.2 Å². The standard InChI is InChI=1S/C17H21FO3/c1-11-3-6-15(9-12(11)2)21-16-7-5-14(18)10-13(16)4-8-17(19)20/h4-5,7-8,10-12,15H,3,6,9H2,1-2H3,(H,19,20)/b8-4+. The number of hydrogen-bond donors (Lipinski definition) is 1. The molecule has 1 saturated carbocycles. The third kappa shape index (κ3) is 4.31. The second kappa shape index (κ2) is 6.74. The van der Waals surface area contributed by atoms with Crippen LogP contribution in [0.2, 0.25) is 0 Å². The first kappa shape index (κ1) is 15.5. The van der Waals surface area contributed by atoms with Crippen LogP contribution in [-0.4, -0.2) is 17.2 Å². The summed E-state index contributed by atoms with van der Waals surface area (Å²) < 4.78 is 19.3. The van der Waals surface area contributed by atoms with E-state index in [0.29, 0.717) is 23.1 Å². The van der Waals surface area contributed by atoms with E-state index >= 15 is 0 Å². The normalized spacial score (nSPS) is 26.0. The molecule has 2 rings (SSSR count). The Morgan fingerprint density at radius 1 is 1.33 bits per heavy atom. The van der Waals surface area contributed by atoms with Crippen molar-refractivity contribution in [3.63, 3.8) is 0 Å². The Bertz CT molecular complexity index is 539. The number of rotatable bonds is 4. The summed E-state index contributed by atoms with van der Waals surface area (Å²) in [5.41, 5.74) is 0.462. The minimum Gasteiger partial charge on any atom is -0.490 e. The molecule has 0 aromatic heterocycles. The lowest BCUT2D eigenvalue weighted by molar-refractivity contribution is -0.131. The van der Waals surface area contributed by atoms with Crippen molar-refractivity contribution >= 4 is 12.0 Å². The molecule has 3 nitrogen and oxygen atoms in total. The molecular formula is C17H21FO3. The van der Waals surface area contributed by atoms with Gasteiger partial charge in [-0.3, -0.25) is 0 Å². The summed E-state index contributed by atoms with van der Waals surface area (Å²) in [4.78, 5) is 10.6. The van der Waals surface area contributed by atoms with Gasteiger partial charge in [0.25, 0.3) is 0 Å². The number of aliphatic carboxylic acids is 1. The number of halogens is 1. The summed E-state index contributed by atoms with van der Waals surface area (Å²) in [6, 6.07) is 4.20. The minimum absolute atomic E-state index is 0.110. The fourth-order valence-electron chi connectivity index (χ4n) is 2.70. The fraction of sp³-hybridized carbons (Fsp3) is 0.471.